The maximum atomic E-state index is 9.35. The Balaban J connectivity index is 1.84. The first-order chi connectivity index (χ1) is 11.0. The molecular formula is C18H20N2O3. The number of fused-ring (bicyclic) bond motifs is 1. The number of aromatic hydroxyl groups is 1. The van der Waals surface area contributed by atoms with Crippen LogP contribution in [0.25, 0.3) is 22.6 Å². The number of aliphatic hydroxyl groups excluding tert-OH is 1. The van der Waals surface area contributed by atoms with Crippen LogP contribution in [0.5, 0.6) is 5.75 Å². The van der Waals surface area contributed by atoms with Gasteiger partial charge in [-0.3, -0.25) is 0 Å². The molecule has 0 aliphatic heterocycles. The zero-order valence-corrected chi connectivity index (χ0v) is 13.0. The summed E-state index contributed by atoms with van der Waals surface area (Å²) >= 11 is 0. The lowest BCUT2D eigenvalue weighted by Crippen LogP contribution is -2.40. The monoisotopic (exact) mass is 312 g/mol. The van der Waals surface area contributed by atoms with Gasteiger partial charge in [0.2, 0.25) is 5.89 Å². The molecule has 5 heteroatoms. The van der Waals surface area contributed by atoms with Crippen molar-refractivity contribution >= 4 is 11.1 Å². The summed E-state index contributed by atoms with van der Waals surface area (Å²) < 4.78 is 5.76. The molecule has 120 valence electrons. The maximum absolute atomic E-state index is 9.35. The lowest BCUT2D eigenvalue weighted by Gasteiger charge is -2.21. The molecule has 1 heterocycles. The SMILES string of the molecule is CC(N)(CO)CCc1ccc2oc(-c3ccc(O)cc3)nc2c1. The van der Waals surface area contributed by atoms with Crippen molar-refractivity contribution in [2.75, 3.05) is 6.61 Å². The average Bonchev–Trinajstić information content (AvgIpc) is 2.97. The van der Waals surface area contributed by atoms with E-state index in [-0.39, 0.29) is 12.4 Å². The third-order valence-electron chi connectivity index (χ3n) is 3.91. The van der Waals surface area contributed by atoms with Crippen LogP contribution in [0.4, 0.5) is 0 Å². The molecule has 0 saturated heterocycles. The summed E-state index contributed by atoms with van der Waals surface area (Å²) in [6, 6.07) is 12.6. The summed E-state index contributed by atoms with van der Waals surface area (Å²) in [5.74, 6) is 0.733. The van der Waals surface area contributed by atoms with Crippen molar-refractivity contribution in [2.45, 2.75) is 25.3 Å². The van der Waals surface area contributed by atoms with Crippen LogP contribution in [-0.4, -0.2) is 27.3 Å². The van der Waals surface area contributed by atoms with Gasteiger partial charge in [-0.1, -0.05) is 6.07 Å². The number of aliphatic hydroxyl groups is 1. The second-order valence-electron chi connectivity index (χ2n) is 6.18. The molecule has 0 bridgehead atoms. The molecular weight excluding hydrogens is 292 g/mol. The van der Waals surface area contributed by atoms with E-state index in [1.165, 1.54) is 0 Å². The number of phenols is 1. The van der Waals surface area contributed by atoms with Gasteiger partial charge in [-0.2, -0.15) is 0 Å². The third kappa shape index (κ3) is 3.52. The van der Waals surface area contributed by atoms with Gasteiger partial charge in [0, 0.05) is 11.1 Å². The molecule has 1 aromatic heterocycles. The summed E-state index contributed by atoms with van der Waals surface area (Å²) in [6.45, 7) is 1.80. The Morgan fingerprint density at radius 1 is 1.17 bits per heavy atom. The van der Waals surface area contributed by atoms with Gasteiger partial charge in [0.25, 0.3) is 0 Å². The zero-order valence-electron chi connectivity index (χ0n) is 13.0. The highest BCUT2D eigenvalue weighted by molar-refractivity contribution is 5.77. The molecule has 0 aliphatic rings. The molecule has 1 atom stereocenters. The lowest BCUT2D eigenvalue weighted by atomic mass is 9.95. The summed E-state index contributed by atoms with van der Waals surface area (Å²) in [6.07, 6.45) is 1.46. The van der Waals surface area contributed by atoms with Gasteiger partial charge in [-0.05, 0) is 61.7 Å². The second-order valence-corrected chi connectivity index (χ2v) is 6.18. The van der Waals surface area contributed by atoms with Crippen LogP contribution in [0.2, 0.25) is 0 Å². The number of rotatable bonds is 5. The summed E-state index contributed by atoms with van der Waals surface area (Å²) in [5.41, 5.74) is 8.81. The molecule has 1 unspecified atom stereocenters. The smallest absolute Gasteiger partial charge is 0.227 e. The summed E-state index contributed by atoms with van der Waals surface area (Å²) in [5, 5.41) is 18.6. The summed E-state index contributed by atoms with van der Waals surface area (Å²) in [7, 11) is 0. The van der Waals surface area contributed by atoms with E-state index in [1.54, 1.807) is 24.3 Å². The van der Waals surface area contributed by atoms with E-state index in [0.29, 0.717) is 12.3 Å². The largest absolute Gasteiger partial charge is 0.508 e. The van der Waals surface area contributed by atoms with E-state index in [2.05, 4.69) is 4.98 Å². The minimum atomic E-state index is -0.573. The molecule has 0 fully saturated rings. The van der Waals surface area contributed by atoms with Crippen molar-refractivity contribution in [1.29, 1.82) is 0 Å². The predicted molar refractivity (Wildman–Crippen MR) is 89.1 cm³/mol. The Morgan fingerprint density at radius 2 is 1.91 bits per heavy atom. The van der Waals surface area contributed by atoms with E-state index < -0.39 is 5.54 Å². The minimum absolute atomic E-state index is 0.0375. The van der Waals surface area contributed by atoms with E-state index in [1.807, 2.05) is 25.1 Å². The van der Waals surface area contributed by atoms with E-state index in [4.69, 9.17) is 10.2 Å². The number of oxazole rings is 1. The number of benzene rings is 2. The van der Waals surface area contributed by atoms with Gasteiger partial charge in [0.1, 0.15) is 11.3 Å². The molecule has 0 saturated carbocycles. The van der Waals surface area contributed by atoms with Crippen LogP contribution >= 0.6 is 0 Å². The first-order valence-electron chi connectivity index (χ1n) is 7.55. The van der Waals surface area contributed by atoms with Crippen molar-refractivity contribution in [3.05, 3.63) is 48.0 Å². The summed E-state index contributed by atoms with van der Waals surface area (Å²) in [4.78, 5) is 4.51. The van der Waals surface area contributed by atoms with Gasteiger partial charge in [0.15, 0.2) is 5.58 Å². The van der Waals surface area contributed by atoms with Gasteiger partial charge in [-0.15, -0.1) is 0 Å². The van der Waals surface area contributed by atoms with Crippen molar-refractivity contribution in [3.63, 3.8) is 0 Å². The molecule has 0 radical (unpaired) electrons. The number of phenolic OH excluding ortho intramolecular Hbond substituents is 1. The van der Waals surface area contributed by atoms with Crippen molar-refractivity contribution in [3.8, 4) is 17.2 Å². The molecule has 23 heavy (non-hydrogen) atoms. The Morgan fingerprint density at radius 3 is 2.61 bits per heavy atom. The van der Waals surface area contributed by atoms with Crippen LogP contribution < -0.4 is 5.73 Å². The molecule has 3 aromatic rings. The standard InChI is InChI=1S/C18H20N2O3/c1-18(19,11-21)9-8-12-2-7-16-15(10-12)20-17(23-16)13-3-5-14(22)6-4-13/h2-7,10,21-22H,8-9,11,19H2,1H3. The van der Waals surface area contributed by atoms with Gasteiger partial charge >= 0.3 is 0 Å². The maximum Gasteiger partial charge on any atom is 0.227 e. The second kappa shape index (κ2) is 6.02. The van der Waals surface area contributed by atoms with Crippen LogP contribution in [0, 0.1) is 0 Å². The van der Waals surface area contributed by atoms with Crippen molar-refractivity contribution in [2.24, 2.45) is 5.73 Å². The Labute approximate surface area is 134 Å². The highest BCUT2D eigenvalue weighted by atomic mass is 16.3. The Bertz CT molecular complexity index is 807. The zero-order chi connectivity index (χ0) is 16.4. The molecule has 0 amide bonds. The molecule has 3 rings (SSSR count). The Hall–Kier alpha value is -2.37. The fourth-order valence-electron chi connectivity index (χ4n) is 2.36. The molecule has 5 nitrogen and oxygen atoms in total. The topological polar surface area (TPSA) is 92.5 Å². The van der Waals surface area contributed by atoms with Crippen LogP contribution in [-0.2, 0) is 6.42 Å². The third-order valence-corrected chi connectivity index (χ3v) is 3.91. The number of nitrogens with zero attached hydrogens (tertiary/aromatic N) is 1. The molecule has 2 aromatic carbocycles. The van der Waals surface area contributed by atoms with E-state index >= 15 is 0 Å². The number of hydrogen-bond donors (Lipinski definition) is 3. The normalized spacial score (nSPS) is 14.0. The number of aromatic nitrogens is 1. The van der Waals surface area contributed by atoms with E-state index in [9.17, 15) is 10.2 Å². The molecule has 0 aliphatic carbocycles. The predicted octanol–water partition coefficient (Wildman–Crippen LogP) is 2.84. The minimum Gasteiger partial charge on any atom is -0.508 e. The molecule has 4 N–H and O–H groups in total. The van der Waals surface area contributed by atoms with Crippen LogP contribution in [0.3, 0.4) is 0 Å². The molecule has 0 spiro atoms. The Kier molecular flexibility index (Phi) is 4.07. The highest BCUT2D eigenvalue weighted by Gasteiger charge is 2.17. The van der Waals surface area contributed by atoms with Crippen LogP contribution in [0.15, 0.2) is 46.9 Å². The fourth-order valence-corrected chi connectivity index (χ4v) is 2.36. The van der Waals surface area contributed by atoms with Gasteiger partial charge in [0.05, 0.1) is 6.61 Å². The van der Waals surface area contributed by atoms with Gasteiger partial charge in [-0.25, -0.2) is 4.98 Å². The first kappa shape index (κ1) is 15.5. The quantitative estimate of drug-likeness (QED) is 0.673. The number of aryl methyl sites for hydroxylation is 1. The average molecular weight is 312 g/mol. The van der Waals surface area contributed by atoms with Crippen molar-refractivity contribution in [1.82, 2.24) is 4.98 Å². The highest BCUT2D eigenvalue weighted by Crippen LogP contribution is 2.26. The fraction of sp³-hybridized carbons (Fsp3) is 0.278. The van der Waals surface area contributed by atoms with Crippen molar-refractivity contribution < 1.29 is 14.6 Å². The number of hydrogen-bond acceptors (Lipinski definition) is 5. The van der Waals surface area contributed by atoms with E-state index in [0.717, 1.165) is 28.6 Å². The van der Waals surface area contributed by atoms with Crippen LogP contribution in [0.1, 0.15) is 18.9 Å². The first-order valence-corrected chi connectivity index (χ1v) is 7.55. The number of nitrogens with two attached hydrogens (primary N) is 1. The van der Waals surface area contributed by atoms with Gasteiger partial charge < -0.3 is 20.4 Å². The lowest BCUT2D eigenvalue weighted by molar-refractivity contribution is 0.200.